The van der Waals surface area contributed by atoms with Crippen LogP contribution in [-0.2, 0) is 6.42 Å². The van der Waals surface area contributed by atoms with E-state index in [0.717, 1.165) is 23.4 Å². The Morgan fingerprint density at radius 1 is 1.21 bits per heavy atom. The molecule has 0 aliphatic rings. The van der Waals surface area contributed by atoms with Crippen LogP contribution in [0.1, 0.15) is 37.1 Å². The molecule has 2 rings (SSSR count). The molecule has 130 valence electrons. The van der Waals surface area contributed by atoms with Gasteiger partial charge in [0.1, 0.15) is 0 Å². The Morgan fingerprint density at radius 2 is 2.00 bits per heavy atom. The fourth-order valence-corrected chi connectivity index (χ4v) is 2.78. The van der Waals surface area contributed by atoms with Gasteiger partial charge in [-0.1, -0.05) is 24.8 Å². The maximum Gasteiger partial charge on any atom is 0.255 e. The summed E-state index contributed by atoms with van der Waals surface area (Å²) in [6.45, 7) is 7.09. The van der Waals surface area contributed by atoms with E-state index in [2.05, 4.69) is 16.9 Å². The lowest BCUT2D eigenvalue weighted by Gasteiger charge is -2.13. The van der Waals surface area contributed by atoms with Crippen LogP contribution in [0.4, 0.5) is 0 Å². The highest BCUT2D eigenvalue weighted by Gasteiger charge is 2.12. The number of hydrogen-bond donors (Lipinski definition) is 1. The number of nitrogens with zero attached hydrogens (tertiary/aromatic N) is 1. The molecule has 1 N–H and O–H groups in total. The van der Waals surface area contributed by atoms with Crippen LogP contribution in [0.2, 0.25) is 0 Å². The zero-order valence-electron chi connectivity index (χ0n) is 14.6. The van der Waals surface area contributed by atoms with Crippen LogP contribution in [0.15, 0.2) is 28.2 Å². The van der Waals surface area contributed by atoms with E-state index in [4.69, 9.17) is 9.47 Å². The van der Waals surface area contributed by atoms with Crippen LogP contribution < -0.4 is 15.0 Å². The molecule has 1 heterocycles. The number of nitrogens with one attached hydrogen (secondary N) is 1. The highest BCUT2D eigenvalue weighted by molar-refractivity contribution is 7.98. The molecular weight excluding hydrogens is 324 g/mol. The molecule has 0 aliphatic carbocycles. The highest BCUT2D eigenvalue weighted by atomic mass is 32.2. The second-order valence-corrected chi connectivity index (χ2v) is 6.17. The molecular formula is C18H24N2O3S. The summed E-state index contributed by atoms with van der Waals surface area (Å²) in [6, 6.07) is 5.81. The van der Waals surface area contributed by atoms with Gasteiger partial charge in [-0.05, 0) is 44.2 Å². The van der Waals surface area contributed by atoms with Crippen molar-refractivity contribution in [2.45, 2.75) is 38.8 Å². The Kier molecular flexibility index (Phi) is 6.73. The van der Waals surface area contributed by atoms with Crippen molar-refractivity contribution >= 4 is 11.8 Å². The van der Waals surface area contributed by atoms with Gasteiger partial charge in [-0.3, -0.25) is 4.79 Å². The molecule has 0 atom stereocenters. The normalized spacial score (nSPS) is 10.7. The average Bonchev–Trinajstić information content (AvgIpc) is 2.57. The molecule has 5 nitrogen and oxygen atoms in total. The summed E-state index contributed by atoms with van der Waals surface area (Å²) in [6.07, 6.45) is 3.34. The lowest BCUT2D eigenvalue weighted by Crippen LogP contribution is -2.17. The summed E-state index contributed by atoms with van der Waals surface area (Å²) >= 11 is 1.43. The van der Waals surface area contributed by atoms with Gasteiger partial charge in [0.05, 0.1) is 13.2 Å². The van der Waals surface area contributed by atoms with Crippen molar-refractivity contribution in [3.05, 3.63) is 45.4 Å². The van der Waals surface area contributed by atoms with E-state index in [1.807, 2.05) is 38.3 Å². The third-order valence-electron chi connectivity index (χ3n) is 3.54. The van der Waals surface area contributed by atoms with Crippen molar-refractivity contribution in [2.75, 3.05) is 19.5 Å². The van der Waals surface area contributed by atoms with Gasteiger partial charge in [0.2, 0.25) is 0 Å². The van der Waals surface area contributed by atoms with Crippen LogP contribution >= 0.6 is 11.8 Å². The maximum absolute atomic E-state index is 12.3. The molecule has 0 radical (unpaired) electrons. The number of hydrogen-bond acceptors (Lipinski definition) is 5. The predicted molar refractivity (Wildman–Crippen MR) is 97.6 cm³/mol. The van der Waals surface area contributed by atoms with Crippen LogP contribution in [-0.4, -0.2) is 29.4 Å². The quantitative estimate of drug-likeness (QED) is 0.583. The van der Waals surface area contributed by atoms with Gasteiger partial charge in [-0.15, -0.1) is 0 Å². The van der Waals surface area contributed by atoms with Crippen molar-refractivity contribution in [3.63, 3.8) is 0 Å². The Labute approximate surface area is 146 Å². The summed E-state index contributed by atoms with van der Waals surface area (Å²) in [7, 11) is 0. The molecule has 0 spiro atoms. The number of rotatable bonds is 8. The van der Waals surface area contributed by atoms with Gasteiger partial charge in [-0.2, -0.15) is 0 Å². The molecule has 0 saturated heterocycles. The topological polar surface area (TPSA) is 64.2 Å². The van der Waals surface area contributed by atoms with Crippen molar-refractivity contribution in [1.29, 1.82) is 0 Å². The minimum Gasteiger partial charge on any atom is -0.490 e. The first-order valence-corrected chi connectivity index (χ1v) is 9.33. The Balaban J connectivity index is 2.30. The molecule has 0 fully saturated rings. The minimum absolute atomic E-state index is 0.0869. The zero-order chi connectivity index (χ0) is 17.5. The second-order valence-electron chi connectivity index (χ2n) is 5.38. The van der Waals surface area contributed by atoms with Gasteiger partial charge in [0.15, 0.2) is 16.7 Å². The van der Waals surface area contributed by atoms with Gasteiger partial charge in [0.25, 0.3) is 5.56 Å². The van der Waals surface area contributed by atoms with Crippen LogP contribution in [0.3, 0.4) is 0 Å². The first-order chi connectivity index (χ1) is 11.6. The fourth-order valence-electron chi connectivity index (χ4n) is 2.36. The second kappa shape index (κ2) is 8.78. The standard InChI is InChI=1S/C18H24N2O3S/c1-5-9-23-15-8-7-13(11-16(15)22-6-2)10-14-12(3)19-18(24-4)20-17(14)21/h7-8,11H,5-6,9-10H2,1-4H3,(H,19,20,21). The van der Waals surface area contributed by atoms with E-state index in [9.17, 15) is 4.79 Å². The lowest BCUT2D eigenvalue weighted by molar-refractivity contribution is 0.276. The lowest BCUT2D eigenvalue weighted by atomic mass is 10.0. The number of aromatic nitrogens is 2. The Morgan fingerprint density at radius 3 is 2.62 bits per heavy atom. The smallest absolute Gasteiger partial charge is 0.255 e. The summed E-state index contributed by atoms with van der Waals surface area (Å²) in [5.41, 5.74) is 2.34. The molecule has 2 aromatic rings. The van der Waals surface area contributed by atoms with E-state index in [0.29, 0.717) is 36.1 Å². The minimum atomic E-state index is -0.0869. The van der Waals surface area contributed by atoms with Gasteiger partial charge >= 0.3 is 0 Å². The largest absolute Gasteiger partial charge is 0.490 e. The molecule has 0 saturated carbocycles. The summed E-state index contributed by atoms with van der Waals surface area (Å²) in [5, 5.41) is 0.638. The van der Waals surface area contributed by atoms with Gasteiger partial charge in [-0.25, -0.2) is 4.98 Å². The number of aryl methyl sites for hydroxylation is 1. The summed E-state index contributed by atoms with van der Waals surface area (Å²) in [5.74, 6) is 1.45. The predicted octanol–water partition coefficient (Wildman–Crippen LogP) is 3.58. The Hall–Kier alpha value is -1.95. The van der Waals surface area contributed by atoms with Crippen molar-refractivity contribution in [2.24, 2.45) is 0 Å². The summed E-state index contributed by atoms with van der Waals surface area (Å²) < 4.78 is 11.4. The number of H-pyrrole nitrogens is 1. The monoisotopic (exact) mass is 348 g/mol. The van der Waals surface area contributed by atoms with E-state index < -0.39 is 0 Å². The van der Waals surface area contributed by atoms with Crippen molar-refractivity contribution < 1.29 is 9.47 Å². The molecule has 0 aliphatic heterocycles. The molecule has 1 aromatic heterocycles. The van der Waals surface area contributed by atoms with Gasteiger partial charge in [0, 0.05) is 17.7 Å². The number of benzene rings is 1. The van der Waals surface area contributed by atoms with E-state index in [1.165, 1.54) is 11.8 Å². The molecule has 0 unspecified atom stereocenters. The van der Waals surface area contributed by atoms with Gasteiger partial charge < -0.3 is 14.5 Å². The maximum atomic E-state index is 12.3. The number of aromatic amines is 1. The molecule has 1 aromatic carbocycles. The van der Waals surface area contributed by atoms with Crippen molar-refractivity contribution in [1.82, 2.24) is 9.97 Å². The number of thioether (sulfide) groups is 1. The third kappa shape index (κ3) is 4.54. The first-order valence-electron chi connectivity index (χ1n) is 8.11. The van der Waals surface area contributed by atoms with Crippen LogP contribution in [0.25, 0.3) is 0 Å². The van der Waals surface area contributed by atoms with E-state index in [1.54, 1.807) is 0 Å². The highest BCUT2D eigenvalue weighted by Crippen LogP contribution is 2.29. The molecule has 6 heteroatoms. The van der Waals surface area contributed by atoms with Crippen LogP contribution in [0.5, 0.6) is 11.5 Å². The average molecular weight is 348 g/mol. The van der Waals surface area contributed by atoms with Crippen molar-refractivity contribution in [3.8, 4) is 11.5 Å². The summed E-state index contributed by atoms with van der Waals surface area (Å²) in [4.78, 5) is 19.5. The molecule has 0 amide bonds. The first kappa shape index (κ1) is 18.4. The third-order valence-corrected chi connectivity index (χ3v) is 4.12. The van der Waals surface area contributed by atoms with E-state index in [-0.39, 0.29) is 5.56 Å². The van der Waals surface area contributed by atoms with Crippen LogP contribution in [0, 0.1) is 6.92 Å². The SMILES string of the molecule is CCCOc1ccc(Cc2c(C)nc(SC)[nH]c2=O)cc1OCC. The van der Waals surface area contributed by atoms with E-state index >= 15 is 0 Å². The zero-order valence-corrected chi connectivity index (χ0v) is 15.5. The Bertz CT molecular complexity index is 744. The number of ether oxygens (including phenoxy) is 2. The molecule has 0 bridgehead atoms. The molecule has 24 heavy (non-hydrogen) atoms. The fraction of sp³-hybridized carbons (Fsp3) is 0.444.